The van der Waals surface area contributed by atoms with Gasteiger partial charge >= 0.3 is 6.03 Å². The molecule has 0 radical (unpaired) electrons. The fourth-order valence-electron chi connectivity index (χ4n) is 6.97. The largest absolute Gasteiger partial charge is 0.368 e. The molecule has 0 aliphatic carbocycles. The summed E-state index contributed by atoms with van der Waals surface area (Å²) in [5.74, 6) is -3.00. The van der Waals surface area contributed by atoms with Crippen molar-refractivity contribution in [1.29, 1.82) is 0 Å². The smallest absolute Gasteiger partial charge is 0.314 e. The molecule has 52 heavy (non-hydrogen) atoms. The average Bonchev–Trinajstić information content (AvgIpc) is 3.13. The second-order valence-electron chi connectivity index (χ2n) is 14.3. The highest BCUT2D eigenvalue weighted by Crippen LogP contribution is 2.33. The first kappa shape index (κ1) is 41.9. The molecule has 3 rings (SSSR count). The monoisotopic (exact) mass is 720 g/mol. The van der Waals surface area contributed by atoms with Gasteiger partial charge in [0.1, 0.15) is 11.6 Å². The lowest BCUT2D eigenvalue weighted by Gasteiger charge is -2.43. The van der Waals surface area contributed by atoms with Crippen LogP contribution in [0.25, 0.3) is 0 Å². The summed E-state index contributed by atoms with van der Waals surface area (Å²) in [6.45, 7) is 7.56. The van der Waals surface area contributed by atoms with Gasteiger partial charge in [0.05, 0.1) is 12.5 Å². The van der Waals surface area contributed by atoms with Gasteiger partial charge in [0.15, 0.2) is 0 Å². The highest BCUT2D eigenvalue weighted by atomic mass is 16.2. The van der Waals surface area contributed by atoms with Crippen molar-refractivity contribution in [2.75, 3.05) is 39.8 Å². The van der Waals surface area contributed by atoms with Crippen molar-refractivity contribution >= 4 is 29.7 Å². The number of primary amides is 1. The third-order valence-corrected chi connectivity index (χ3v) is 9.76. The number of piperidine rings is 1. The van der Waals surface area contributed by atoms with Gasteiger partial charge in [0.2, 0.25) is 23.6 Å². The van der Waals surface area contributed by atoms with Crippen LogP contribution in [-0.4, -0.2) is 92.0 Å². The summed E-state index contributed by atoms with van der Waals surface area (Å²) in [5, 5.41) is 14.5. The summed E-state index contributed by atoms with van der Waals surface area (Å²) in [6, 6.07) is 17.8. The van der Waals surface area contributed by atoms with Gasteiger partial charge in [0.25, 0.3) is 0 Å². The Hall–Kier alpha value is -4.49. The number of nitrogens with zero attached hydrogens (tertiary/aromatic N) is 1. The van der Waals surface area contributed by atoms with E-state index in [9.17, 15) is 24.0 Å². The lowest BCUT2D eigenvalue weighted by atomic mass is 9.73. The van der Waals surface area contributed by atoms with E-state index in [-0.39, 0.29) is 61.5 Å². The molecule has 1 aliphatic heterocycles. The maximum absolute atomic E-state index is 14.5. The van der Waals surface area contributed by atoms with Crippen LogP contribution in [0.4, 0.5) is 4.79 Å². The fraction of sp³-hybridized carbons (Fsp3) is 0.564. The molecule has 0 aromatic heterocycles. The number of carbonyl (C=O) groups excluding carboxylic acids is 5. The Kier molecular flexibility index (Phi) is 17.0. The average molecular weight is 721 g/mol. The molecule has 1 fully saturated rings. The van der Waals surface area contributed by atoms with E-state index in [0.717, 1.165) is 11.1 Å². The lowest BCUT2D eigenvalue weighted by molar-refractivity contribution is -0.148. The van der Waals surface area contributed by atoms with E-state index >= 15 is 0 Å². The van der Waals surface area contributed by atoms with E-state index in [0.29, 0.717) is 51.9 Å². The van der Waals surface area contributed by atoms with Crippen molar-refractivity contribution in [1.82, 2.24) is 31.5 Å². The molecule has 9 N–H and O–H groups in total. The molecule has 2 aromatic rings. The van der Waals surface area contributed by atoms with Gasteiger partial charge < -0.3 is 43.0 Å². The molecule has 2 aromatic carbocycles. The van der Waals surface area contributed by atoms with E-state index in [1.54, 1.807) is 11.9 Å². The Balaban J connectivity index is 1.88. The number of urea groups is 1. The number of unbranched alkanes of at least 4 members (excludes halogenated alkanes) is 1. The number of rotatable bonds is 20. The fourth-order valence-corrected chi connectivity index (χ4v) is 6.97. The van der Waals surface area contributed by atoms with Gasteiger partial charge in [-0.25, -0.2) is 4.79 Å². The van der Waals surface area contributed by atoms with Crippen molar-refractivity contribution in [3.63, 3.8) is 0 Å². The SMILES string of the molecule is CNC(=O)NC1CCN(C(=O)[C@H](CCCCN)C(CC(C)C)(NC(=O)[C@@H](Cc2ccccc2)NC(=O)CNC[C@H](C)c2ccccc2)C(N)=O)CC1. The van der Waals surface area contributed by atoms with Crippen LogP contribution >= 0.6 is 0 Å². The van der Waals surface area contributed by atoms with Crippen LogP contribution < -0.4 is 38.1 Å². The van der Waals surface area contributed by atoms with E-state index in [2.05, 4.69) is 33.5 Å². The van der Waals surface area contributed by atoms with E-state index in [4.69, 9.17) is 11.5 Å². The Bertz CT molecular complexity index is 1430. The Morgan fingerprint density at radius 3 is 2.13 bits per heavy atom. The number of nitrogens with two attached hydrogens (primary N) is 2. The van der Waals surface area contributed by atoms with Crippen LogP contribution in [0.1, 0.15) is 76.3 Å². The molecule has 286 valence electrons. The minimum absolute atomic E-state index is 0.0202. The van der Waals surface area contributed by atoms with Crippen molar-refractivity contribution in [2.45, 2.75) is 89.3 Å². The van der Waals surface area contributed by atoms with Gasteiger partial charge in [0, 0.05) is 39.1 Å². The summed E-state index contributed by atoms with van der Waals surface area (Å²) in [6.07, 6.45) is 2.80. The molecular weight excluding hydrogens is 660 g/mol. The molecule has 1 saturated heterocycles. The summed E-state index contributed by atoms with van der Waals surface area (Å²) >= 11 is 0. The zero-order valence-electron chi connectivity index (χ0n) is 31.3. The second kappa shape index (κ2) is 21.1. The minimum atomic E-state index is -1.74. The third kappa shape index (κ3) is 12.6. The van der Waals surface area contributed by atoms with Crippen molar-refractivity contribution < 1.29 is 24.0 Å². The molecule has 1 aliphatic rings. The van der Waals surface area contributed by atoms with Crippen LogP contribution in [0.2, 0.25) is 0 Å². The first-order valence-corrected chi connectivity index (χ1v) is 18.6. The van der Waals surface area contributed by atoms with Crippen molar-refractivity contribution in [3.8, 4) is 0 Å². The number of hydrogen-bond donors (Lipinski definition) is 7. The van der Waals surface area contributed by atoms with Crippen LogP contribution in [-0.2, 0) is 25.6 Å². The van der Waals surface area contributed by atoms with Gasteiger partial charge in [-0.3, -0.25) is 19.2 Å². The number of carbonyl (C=O) groups is 5. The Labute approximate surface area is 308 Å². The Morgan fingerprint density at radius 1 is 0.923 bits per heavy atom. The summed E-state index contributed by atoms with van der Waals surface area (Å²) < 4.78 is 0. The lowest BCUT2D eigenvalue weighted by Crippen LogP contribution is -2.68. The molecule has 13 heteroatoms. The first-order chi connectivity index (χ1) is 24.9. The standard InChI is InChI=1S/C39H60N8O5/c1-27(2)24-39(37(41)51,32(17-11-12-20-40)36(50)47-21-18-31(19-22-47)44-38(52)42-4)46-35(49)33(23-29-13-7-5-8-14-29)45-34(48)26-43-25-28(3)30-15-9-6-10-16-30/h5-10,13-16,27-28,31-33,43H,11-12,17-26,40H2,1-4H3,(H2,41,51)(H,45,48)(H,46,49)(H2,42,44,52)/t28-,32-,33+,39?/m0/s1. The topological polar surface area (TPSA) is 201 Å². The second-order valence-corrected chi connectivity index (χ2v) is 14.3. The zero-order chi connectivity index (χ0) is 38.1. The maximum Gasteiger partial charge on any atom is 0.314 e. The summed E-state index contributed by atoms with van der Waals surface area (Å²) in [5.41, 5.74) is 12.3. The number of likely N-dealkylation sites (tertiary alicyclic amines) is 1. The molecular formula is C39H60N8O5. The van der Waals surface area contributed by atoms with Crippen molar-refractivity contribution in [3.05, 3.63) is 71.8 Å². The maximum atomic E-state index is 14.5. The number of hydrogen-bond acceptors (Lipinski definition) is 7. The van der Waals surface area contributed by atoms with Crippen LogP contribution in [0.15, 0.2) is 60.7 Å². The molecule has 13 nitrogen and oxygen atoms in total. The normalized spacial score (nSPS) is 16.2. The summed E-state index contributed by atoms with van der Waals surface area (Å²) in [7, 11) is 1.55. The number of nitrogens with one attached hydrogen (secondary N) is 5. The van der Waals surface area contributed by atoms with Crippen LogP contribution in [0.3, 0.4) is 0 Å². The Morgan fingerprint density at radius 2 is 1.56 bits per heavy atom. The molecule has 4 atom stereocenters. The highest BCUT2D eigenvalue weighted by Gasteiger charge is 2.51. The molecule has 6 amide bonds. The quantitative estimate of drug-likeness (QED) is 0.102. The van der Waals surface area contributed by atoms with Gasteiger partial charge in [-0.05, 0) is 61.6 Å². The molecule has 1 heterocycles. The summed E-state index contributed by atoms with van der Waals surface area (Å²) in [4.78, 5) is 69.6. The minimum Gasteiger partial charge on any atom is -0.368 e. The van der Waals surface area contributed by atoms with Crippen molar-refractivity contribution in [2.24, 2.45) is 23.3 Å². The molecule has 0 saturated carbocycles. The molecule has 1 unspecified atom stereocenters. The number of amides is 6. The number of benzene rings is 2. The predicted octanol–water partition coefficient (Wildman–Crippen LogP) is 2.16. The van der Waals surface area contributed by atoms with E-state index in [1.807, 2.05) is 74.5 Å². The van der Waals surface area contributed by atoms with Gasteiger partial charge in [-0.1, -0.05) is 87.9 Å². The first-order valence-electron chi connectivity index (χ1n) is 18.6. The molecule has 0 bridgehead atoms. The van der Waals surface area contributed by atoms with Crippen LogP contribution in [0, 0.1) is 11.8 Å². The predicted molar refractivity (Wildman–Crippen MR) is 203 cm³/mol. The van der Waals surface area contributed by atoms with E-state index in [1.165, 1.54) is 0 Å². The van der Waals surface area contributed by atoms with Crippen LogP contribution in [0.5, 0.6) is 0 Å². The van der Waals surface area contributed by atoms with E-state index < -0.39 is 29.3 Å². The highest BCUT2D eigenvalue weighted by molar-refractivity contribution is 5.98. The molecule has 0 spiro atoms. The zero-order valence-corrected chi connectivity index (χ0v) is 31.3. The van der Waals surface area contributed by atoms with Gasteiger partial charge in [-0.2, -0.15) is 0 Å². The third-order valence-electron chi connectivity index (χ3n) is 9.76. The van der Waals surface area contributed by atoms with Gasteiger partial charge in [-0.15, -0.1) is 0 Å².